The van der Waals surface area contributed by atoms with Gasteiger partial charge in [-0.1, -0.05) is 23.7 Å². The SMILES string of the molecule is O=C(CCOc1ccccc1Cl)Nc1ccc(N2CCCCC2)cc1. The molecule has 0 radical (unpaired) electrons. The van der Waals surface area contributed by atoms with Crippen LogP contribution in [-0.4, -0.2) is 25.6 Å². The lowest BCUT2D eigenvalue weighted by atomic mass is 10.1. The third-order valence-corrected chi connectivity index (χ3v) is 4.61. The highest BCUT2D eigenvalue weighted by molar-refractivity contribution is 6.32. The zero-order valence-electron chi connectivity index (χ0n) is 14.2. The minimum absolute atomic E-state index is 0.0715. The van der Waals surface area contributed by atoms with E-state index in [0.29, 0.717) is 17.4 Å². The third kappa shape index (κ3) is 5.13. The first kappa shape index (κ1) is 17.6. The second-order valence-corrected chi connectivity index (χ2v) is 6.58. The standard InChI is InChI=1S/C20H23ClN2O2/c21-18-6-2-3-7-19(18)25-15-12-20(24)22-16-8-10-17(11-9-16)23-13-4-1-5-14-23/h2-3,6-11H,1,4-5,12-15H2,(H,22,24). The zero-order valence-corrected chi connectivity index (χ0v) is 15.0. The van der Waals surface area contributed by atoms with Gasteiger partial charge in [0, 0.05) is 24.5 Å². The van der Waals surface area contributed by atoms with E-state index in [1.165, 1.54) is 24.9 Å². The van der Waals surface area contributed by atoms with Crippen molar-refractivity contribution in [2.75, 3.05) is 29.9 Å². The highest BCUT2D eigenvalue weighted by atomic mass is 35.5. The lowest BCUT2D eigenvalue weighted by molar-refractivity contribution is -0.116. The van der Waals surface area contributed by atoms with Gasteiger partial charge in [-0.3, -0.25) is 4.79 Å². The van der Waals surface area contributed by atoms with Crippen molar-refractivity contribution in [3.05, 3.63) is 53.6 Å². The number of ether oxygens (including phenoxy) is 1. The fraction of sp³-hybridized carbons (Fsp3) is 0.350. The van der Waals surface area contributed by atoms with E-state index in [4.69, 9.17) is 16.3 Å². The average molecular weight is 359 g/mol. The fourth-order valence-corrected chi connectivity index (χ4v) is 3.14. The molecule has 132 valence electrons. The van der Waals surface area contributed by atoms with Gasteiger partial charge in [-0.05, 0) is 55.7 Å². The largest absolute Gasteiger partial charge is 0.491 e. The summed E-state index contributed by atoms with van der Waals surface area (Å²) in [6, 6.07) is 15.3. The van der Waals surface area contributed by atoms with Crippen LogP contribution in [0.1, 0.15) is 25.7 Å². The first-order valence-electron chi connectivity index (χ1n) is 8.74. The lowest BCUT2D eigenvalue weighted by Gasteiger charge is -2.28. The number of nitrogens with zero attached hydrogens (tertiary/aromatic N) is 1. The summed E-state index contributed by atoms with van der Waals surface area (Å²) in [5.41, 5.74) is 2.03. The van der Waals surface area contributed by atoms with Gasteiger partial charge in [0.15, 0.2) is 0 Å². The molecule has 0 atom stereocenters. The van der Waals surface area contributed by atoms with Gasteiger partial charge in [-0.15, -0.1) is 0 Å². The van der Waals surface area contributed by atoms with Crippen molar-refractivity contribution >= 4 is 28.9 Å². The monoisotopic (exact) mass is 358 g/mol. The summed E-state index contributed by atoms with van der Waals surface area (Å²) in [5, 5.41) is 3.45. The molecule has 2 aromatic carbocycles. The van der Waals surface area contributed by atoms with Crippen LogP contribution in [-0.2, 0) is 4.79 Å². The molecule has 1 saturated heterocycles. The Morgan fingerprint density at radius 2 is 1.76 bits per heavy atom. The third-order valence-electron chi connectivity index (χ3n) is 4.30. The highest BCUT2D eigenvalue weighted by Gasteiger charge is 2.11. The van der Waals surface area contributed by atoms with E-state index in [0.717, 1.165) is 18.8 Å². The summed E-state index contributed by atoms with van der Waals surface area (Å²) in [6.45, 7) is 2.53. The van der Waals surface area contributed by atoms with Crippen molar-refractivity contribution in [1.82, 2.24) is 0 Å². The maximum Gasteiger partial charge on any atom is 0.227 e. The molecule has 1 N–H and O–H groups in total. The fourth-order valence-electron chi connectivity index (χ4n) is 2.95. The Morgan fingerprint density at radius 3 is 2.48 bits per heavy atom. The van der Waals surface area contributed by atoms with E-state index in [1.807, 2.05) is 24.3 Å². The first-order valence-corrected chi connectivity index (χ1v) is 9.12. The smallest absolute Gasteiger partial charge is 0.227 e. The van der Waals surface area contributed by atoms with E-state index < -0.39 is 0 Å². The molecule has 1 aliphatic rings. The summed E-state index contributed by atoms with van der Waals surface area (Å²) < 4.78 is 5.54. The molecule has 0 bridgehead atoms. The summed E-state index contributed by atoms with van der Waals surface area (Å²) >= 11 is 6.02. The number of hydrogen-bond acceptors (Lipinski definition) is 3. The van der Waals surface area contributed by atoms with Crippen LogP contribution in [0.5, 0.6) is 5.75 Å². The molecule has 0 saturated carbocycles. The molecule has 0 unspecified atom stereocenters. The molecule has 0 aromatic heterocycles. The van der Waals surface area contributed by atoms with Crippen LogP contribution in [0.2, 0.25) is 5.02 Å². The second-order valence-electron chi connectivity index (χ2n) is 6.17. The molecule has 25 heavy (non-hydrogen) atoms. The molecule has 3 rings (SSSR count). The van der Waals surface area contributed by atoms with Crippen molar-refractivity contribution in [2.24, 2.45) is 0 Å². The molecule has 4 nitrogen and oxygen atoms in total. The number of benzene rings is 2. The normalized spacial score (nSPS) is 14.2. The van der Waals surface area contributed by atoms with Crippen LogP contribution in [0, 0.1) is 0 Å². The van der Waals surface area contributed by atoms with Gasteiger partial charge in [0.25, 0.3) is 0 Å². The Labute approximate surface area is 153 Å². The van der Waals surface area contributed by atoms with Crippen LogP contribution >= 0.6 is 11.6 Å². The van der Waals surface area contributed by atoms with Gasteiger partial charge in [0.1, 0.15) is 5.75 Å². The van der Waals surface area contributed by atoms with E-state index in [2.05, 4.69) is 22.3 Å². The molecule has 5 heteroatoms. The Bertz CT molecular complexity index is 697. The van der Waals surface area contributed by atoms with Crippen LogP contribution < -0.4 is 15.0 Å². The van der Waals surface area contributed by atoms with Gasteiger partial charge in [-0.2, -0.15) is 0 Å². The topological polar surface area (TPSA) is 41.6 Å². The van der Waals surface area contributed by atoms with Gasteiger partial charge in [-0.25, -0.2) is 0 Å². The number of anilines is 2. The molecule has 1 amide bonds. The number of amides is 1. The van der Waals surface area contributed by atoms with Crippen LogP contribution in [0.3, 0.4) is 0 Å². The molecular weight excluding hydrogens is 336 g/mol. The van der Waals surface area contributed by atoms with Crippen molar-refractivity contribution in [2.45, 2.75) is 25.7 Å². The number of nitrogens with one attached hydrogen (secondary N) is 1. The number of hydrogen-bond donors (Lipinski definition) is 1. The van der Waals surface area contributed by atoms with E-state index >= 15 is 0 Å². The minimum atomic E-state index is -0.0715. The molecular formula is C20H23ClN2O2. The van der Waals surface area contributed by atoms with Crippen LogP contribution in [0.15, 0.2) is 48.5 Å². The number of carbonyl (C=O) groups is 1. The molecule has 1 fully saturated rings. The van der Waals surface area contributed by atoms with E-state index in [1.54, 1.807) is 12.1 Å². The Hall–Kier alpha value is -2.20. The molecule has 1 aliphatic heterocycles. The minimum Gasteiger partial charge on any atom is -0.491 e. The zero-order chi connectivity index (χ0) is 17.5. The van der Waals surface area contributed by atoms with E-state index in [-0.39, 0.29) is 12.3 Å². The summed E-state index contributed by atoms with van der Waals surface area (Å²) in [6.07, 6.45) is 4.11. The van der Waals surface area contributed by atoms with Crippen molar-refractivity contribution < 1.29 is 9.53 Å². The average Bonchev–Trinajstić information content (AvgIpc) is 2.65. The summed E-state index contributed by atoms with van der Waals surface area (Å²) in [4.78, 5) is 14.4. The summed E-state index contributed by atoms with van der Waals surface area (Å²) in [7, 11) is 0. The quantitative estimate of drug-likeness (QED) is 0.811. The molecule has 2 aromatic rings. The Balaban J connectivity index is 1.45. The Morgan fingerprint density at radius 1 is 1.04 bits per heavy atom. The summed E-state index contributed by atoms with van der Waals surface area (Å²) in [5.74, 6) is 0.528. The lowest BCUT2D eigenvalue weighted by Crippen LogP contribution is -2.29. The highest BCUT2D eigenvalue weighted by Crippen LogP contribution is 2.24. The number of rotatable bonds is 6. The van der Waals surface area contributed by atoms with Crippen molar-refractivity contribution in [1.29, 1.82) is 0 Å². The number of piperidine rings is 1. The molecule has 1 heterocycles. The predicted molar refractivity (Wildman–Crippen MR) is 103 cm³/mol. The molecule has 0 spiro atoms. The number of para-hydroxylation sites is 1. The number of carbonyl (C=O) groups excluding carboxylic acids is 1. The van der Waals surface area contributed by atoms with Gasteiger partial charge < -0.3 is 15.0 Å². The van der Waals surface area contributed by atoms with Gasteiger partial charge in [0.05, 0.1) is 18.1 Å². The maximum atomic E-state index is 12.0. The van der Waals surface area contributed by atoms with Crippen molar-refractivity contribution in [3.8, 4) is 5.75 Å². The first-order chi connectivity index (χ1) is 12.2. The second kappa shape index (κ2) is 8.77. The van der Waals surface area contributed by atoms with Crippen LogP contribution in [0.4, 0.5) is 11.4 Å². The van der Waals surface area contributed by atoms with Gasteiger partial charge >= 0.3 is 0 Å². The van der Waals surface area contributed by atoms with Gasteiger partial charge in [0.2, 0.25) is 5.91 Å². The predicted octanol–water partition coefficient (Wildman–Crippen LogP) is 4.74. The van der Waals surface area contributed by atoms with Crippen LogP contribution in [0.25, 0.3) is 0 Å². The number of halogens is 1. The van der Waals surface area contributed by atoms with E-state index in [9.17, 15) is 4.79 Å². The maximum absolute atomic E-state index is 12.0. The Kier molecular flexibility index (Phi) is 6.18. The molecule has 0 aliphatic carbocycles. The van der Waals surface area contributed by atoms with Crippen molar-refractivity contribution in [3.63, 3.8) is 0 Å².